The van der Waals surface area contributed by atoms with Crippen molar-refractivity contribution in [3.05, 3.63) is 4.85 Å². The Labute approximate surface area is 68.8 Å². The highest BCUT2D eigenvalue weighted by Gasteiger charge is 2.32. The number of halogens is 5. The molecule has 0 unspecified atom stereocenters. The van der Waals surface area contributed by atoms with Crippen molar-refractivity contribution in [2.45, 2.75) is 4.71 Å². The largest absolute Gasteiger partial charge is 1.00 e. The maximum Gasteiger partial charge on any atom is 0.579 e. The van der Waals surface area contributed by atoms with Gasteiger partial charge in [0.05, 0.1) is 0 Å². The van der Waals surface area contributed by atoms with Crippen LogP contribution in [0.2, 0.25) is 0 Å². The minimum atomic E-state index is -2.61. The van der Waals surface area contributed by atoms with Crippen LogP contribution in [-0.2, 0) is 0 Å². The zero-order valence-electron chi connectivity index (χ0n) is 3.44. The second-order valence-electron chi connectivity index (χ2n) is 0.597. The molecule has 0 fully saturated rings. The third kappa shape index (κ3) is 16.0. The number of rotatable bonds is 0. The first kappa shape index (κ1) is 15.8. The number of nitrogens with zero attached hydrogens (tertiary/aromatic N) is 1. The van der Waals surface area contributed by atoms with Crippen molar-refractivity contribution >= 4 is 35.6 Å². The van der Waals surface area contributed by atoms with E-state index in [1.807, 2.05) is 0 Å². The fourth-order valence-corrected chi connectivity index (χ4v) is 0. The Kier molecular flexibility index (Phi) is 11.3. The molecule has 0 aliphatic carbocycles. The van der Waals surface area contributed by atoms with E-state index in [-0.39, 0.29) is 24.8 Å². The van der Waals surface area contributed by atoms with Crippen LogP contribution in [0, 0.1) is 6.57 Å². The Morgan fingerprint density at radius 2 is 1.62 bits per heavy atom. The molecule has 1 nitrogen and oxygen atoms in total. The Morgan fingerprint density at radius 1 is 1.50 bits per heavy atom. The summed E-state index contributed by atoms with van der Waals surface area (Å²) in [6.45, 7) is 4.29. The van der Waals surface area contributed by atoms with Crippen molar-refractivity contribution in [3.63, 3.8) is 0 Å². The molecule has 0 atom stereocenters. The van der Waals surface area contributed by atoms with Gasteiger partial charge in [0.2, 0.25) is 0 Å². The molecule has 0 aromatic rings. The van der Waals surface area contributed by atoms with E-state index < -0.39 is 4.71 Å². The van der Waals surface area contributed by atoms with Crippen LogP contribution in [0.5, 0.6) is 0 Å². The van der Waals surface area contributed by atoms with E-state index >= 15 is 0 Å². The summed E-state index contributed by atoms with van der Waals surface area (Å²) in [6.07, 6.45) is 0. The van der Waals surface area contributed by atoms with Gasteiger partial charge in [0.1, 0.15) is 0 Å². The first-order valence-electron chi connectivity index (χ1n) is 1.05. The standard InChI is InChI=1S/C2HCl2FN.2ClH/c1-6-2(3,4)5;;/h1H;2*1H/q+1;;/p-1. The van der Waals surface area contributed by atoms with Gasteiger partial charge >= 0.3 is 4.71 Å². The van der Waals surface area contributed by atoms with Crippen LogP contribution in [-0.4, -0.2) is 4.71 Å². The minimum absolute atomic E-state index is 0. The van der Waals surface area contributed by atoms with Crippen molar-refractivity contribution in [1.82, 2.24) is 0 Å². The predicted molar refractivity (Wildman–Crippen MR) is 31.1 cm³/mol. The molecule has 0 aliphatic heterocycles. The molecule has 0 saturated heterocycles. The molecule has 8 heavy (non-hydrogen) atoms. The molecule has 0 N–H and O–H groups in total. The Hall–Kier alpha value is 0.580. The van der Waals surface area contributed by atoms with Crippen molar-refractivity contribution in [2.75, 3.05) is 0 Å². The predicted octanol–water partition coefficient (Wildman–Crippen LogP) is -0.567. The molecule has 0 heterocycles. The van der Waals surface area contributed by atoms with Gasteiger partial charge in [-0.25, -0.2) is 0 Å². The quantitative estimate of drug-likeness (QED) is 0.365. The normalized spacial score (nSPS) is 7.75. The molecule has 0 bridgehead atoms. The Morgan fingerprint density at radius 3 is 1.62 bits per heavy atom. The van der Waals surface area contributed by atoms with Crippen molar-refractivity contribution in [3.8, 4) is 6.57 Å². The average Bonchev–Trinajstić information content (AvgIpc) is 1.35. The third-order valence-corrected chi connectivity index (χ3v) is 0.342. The second-order valence-corrected chi connectivity index (χ2v) is 1.79. The van der Waals surface area contributed by atoms with Crippen molar-refractivity contribution in [2.24, 2.45) is 0 Å². The highest BCUT2D eigenvalue weighted by molar-refractivity contribution is 6.48. The topological polar surface area (TPSA) is 4.36 Å². The summed E-state index contributed by atoms with van der Waals surface area (Å²) in [4.78, 5) is 2.39. The van der Waals surface area contributed by atoms with Crippen LogP contribution >= 0.6 is 35.6 Å². The monoisotopic (exact) mass is 199 g/mol. The first-order chi connectivity index (χ1) is 2.56. The first-order valence-corrected chi connectivity index (χ1v) is 1.80. The molecule has 0 radical (unpaired) electrons. The summed E-state index contributed by atoms with van der Waals surface area (Å²) in [6, 6.07) is 0. The van der Waals surface area contributed by atoms with Gasteiger partial charge in [-0.3, -0.25) is 0 Å². The van der Waals surface area contributed by atoms with Gasteiger partial charge in [-0.1, -0.05) is 0 Å². The molecular weight excluding hydrogens is 199 g/mol. The van der Waals surface area contributed by atoms with E-state index in [2.05, 4.69) is 34.6 Å². The lowest BCUT2D eigenvalue weighted by atomic mass is 11.3. The molecule has 0 saturated carbocycles. The lowest BCUT2D eigenvalue weighted by molar-refractivity contribution is -0.00000211. The van der Waals surface area contributed by atoms with E-state index in [0.717, 1.165) is 0 Å². The summed E-state index contributed by atoms with van der Waals surface area (Å²) < 4.78 is 8.75. The van der Waals surface area contributed by atoms with Gasteiger partial charge in [0, 0.05) is 23.2 Å². The van der Waals surface area contributed by atoms with E-state index in [9.17, 15) is 4.39 Å². The molecule has 0 aromatic carbocycles. The molecular formula is C2H2Cl4FN. The smallest absolute Gasteiger partial charge is 0.579 e. The zero-order chi connectivity index (χ0) is 5.21. The number of alkyl halides is 3. The van der Waals surface area contributed by atoms with Crippen LogP contribution in [0.3, 0.4) is 0 Å². The Balaban J connectivity index is -0.000000125. The summed E-state index contributed by atoms with van der Waals surface area (Å²) in [5.74, 6) is 0. The molecule has 0 aromatic heterocycles. The summed E-state index contributed by atoms with van der Waals surface area (Å²) in [5, 5.41) is 0. The van der Waals surface area contributed by atoms with Crippen LogP contribution in [0.1, 0.15) is 0 Å². The van der Waals surface area contributed by atoms with Gasteiger partial charge < -0.3 is 12.4 Å². The number of hydrogen-bond donors (Lipinski definition) is 0. The minimum Gasteiger partial charge on any atom is -1.00 e. The molecule has 0 amide bonds. The molecule has 6 heteroatoms. The van der Waals surface area contributed by atoms with Crippen LogP contribution in [0.4, 0.5) is 4.39 Å². The average molecular weight is 201 g/mol. The van der Waals surface area contributed by atoms with E-state index in [1.54, 1.807) is 0 Å². The lowest BCUT2D eigenvalue weighted by Crippen LogP contribution is -3.00. The van der Waals surface area contributed by atoms with Crippen LogP contribution < -0.4 is 12.4 Å². The maximum atomic E-state index is 11.4. The summed E-state index contributed by atoms with van der Waals surface area (Å²) in [5.41, 5.74) is 0. The third-order valence-electron chi connectivity index (χ3n) is 0.146. The zero-order valence-corrected chi connectivity index (χ0v) is 6.53. The fraction of sp³-hybridized carbons (Fsp3) is 0.500. The van der Waals surface area contributed by atoms with Gasteiger partial charge in [-0.2, -0.15) is 0 Å². The maximum absolute atomic E-state index is 11.4. The second kappa shape index (κ2) is 5.71. The highest BCUT2D eigenvalue weighted by atomic mass is 35.5. The lowest BCUT2D eigenvalue weighted by Gasteiger charge is -1.76. The van der Waals surface area contributed by atoms with E-state index in [1.165, 1.54) is 0 Å². The molecule has 0 aliphatic rings. The SMILES string of the molecule is C#[N+]C(F)(Cl)Cl.Cl.[Cl-]. The van der Waals surface area contributed by atoms with Crippen molar-refractivity contribution < 1.29 is 16.8 Å². The van der Waals surface area contributed by atoms with Crippen LogP contribution in [0.15, 0.2) is 0 Å². The van der Waals surface area contributed by atoms with E-state index in [0.29, 0.717) is 0 Å². The van der Waals surface area contributed by atoms with Gasteiger partial charge in [0.15, 0.2) is 0 Å². The Bertz CT molecular complexity index is 81.0. The number of hydrogen-bond acceptors (Lipinski definition) is 0. The molecule has 50 valence electrons. The van der Waals surface area contributed by atoms with Gasteiger partial charge in [-0.05, 0) is 4.85 Å². The van der Waals surface area contributed by atoms with Crippen molar-refractivity contribution in [1.29, 1.82) is 0 Å². The summed E-state index contributed by atoms with van der Waals surface area (Å²) >= 11 is 9.05. The highest BCUT2D eigenvalue weighted by Crippen LogP contribution is 2.22. The van der Waals surface area contributed by atoms with Gasteiger partial charge in [-0.15, -0.1) is 16.8 Å². The molecule has 0 rings (SSSR count). The fourth-order valence-electron chi connectivity index (χ4n) is 0. The molecule has 0 spiro atoms. The summed E-state index contributed by atoms with van der Waals surface area (Å²) in [7, 11) is 0. The van der Waals surface area contributed by atoms with E-state index in [4.69, 9.17) is 0 Å². The van der Waals surface area contributed by atoms with Crippen LogP contribution in [0.25, 0.3) is 4.85 Å². The van der Waals surface area contributed by atoms with Gasteiger partial charge in [0.25, 0.3) is 6.57 Å².